The molecule has 6 bridgehead atoms. The van der Waals surface area contributed by atoms with Crippen molar-refractivity contribution in [3.8, 4) is 0 Å². The van der Waals surface area contributed by atoms with Crippen molar-refractivity contribution in [2.24, 2.45) is 15.0 Å². The Morgan fingerprint density at radius 3 is 1.05 bits per heavy atom. The largest absolute Gasteiger partial charge is 3.00 e. The maximum absolute atomic E-state index is 5.23. The van der Waals surface area contributed by atoms with Crippen molar-refractivity contribution in [2.45, 2.75) is 200 Å². The molecule has 340 valence electrons. The van der Waals surface area contributed by atoms with Crippen LogP contribution in [0.15, 0.2) is 50.3 Å². The van der Waals surface area contributed by atoms with Crippen LogP contribution in [0.25, 0.3) is 10.6 Å². The number of rotatable bonds is 9. The van der Waals surface area contributed by atoms with Crippen molar-refractivity contribution < 1.29 is 34.1 Å². The molecule has 2 aromatic carbocycles. The minimum atomic E-state index is 0. The van der Waals surface area contributed by atoms with Gasteiger partial charge in [-0.25, -0.2) is 0 Å². The molecule has 0 saturated carbocycles. The van der Waals surface area contributed by atoms with E-state index in [9.17, 15) is 0 Å². The van der Waals surface area contributed by atoms with Gasteiger partial charge < -0.3 is 42.9 Å². The third-order valence-corrected chi connectivity index (χ3v) is 11.7. The van der Waals surface area contributed by atoms with Crippen LogP contribution in [0.2, 0.25) is 0 Å². The molecule has 3 heterocycles. The van der Waals surface area contributed by atoms with Gasteiger partial charge in [-0.2, -0.15) is 11.4 Å². The van der Waals surface area contributed by atoms with Gasteiger partial charge in [0, 0.05) is 29.4 Å². The number of nitrogens with zero attached hydrogens (tertiary/aromatic N) is 5. The summed E-state index contributed by atoms with van der Waals surface area (Å²) in [5.41, 5.74) is 22.8. The molecule has 0 amide bonds. The Balaban J connectivity index is 0. The van der Waals surface area contributed by atoms with Gasteiger partial charge in [-0.05, 0) is 128 Å². The number of nitrogens with one attached hydrogen (secondary N) is 1. The fourth-order valence-electron chi connectivity index (χ4n) is 8.86. The molecule has 3 aliphatic heterocycles. The van der Waals surface area contributed by atoms with Crippen LogP contribution in [-0.4, -0.2) is 17.1 Å². The Labute approximate surface area is 409 Å². The molecule has 0 unspecified atom stereocenters. The predicted molar refractivity (Wildman–Crippen MR) is 266 cm³/mol. The number of allylic oxidation sites excluding steroid dienone is 6. The number of fused-ring (bicyclic) bond motifs is 12. The van der Waals surface area contributed by atoms with Crippen LogP contribution in [0.5, 0.6) is 0 Å². The summed E-state index contributed by atoms with van der Waals surface area (Å²) in [5, 5.41) is 14.3. The molecular weight excluding hydrogens is 872 g/mol. The normalized spacial score (nSPS) is 17.0. The predicted octanol–water partition coefficient (Wildman–Crippen LogP) is 13.8. The Morgan fingerprint density at radius 2 is 0.738 bits per heavy atom. The topological polar surface area (TPSA) is 77.3 Å². The van der Waals surface area contributed by atoms with E-state index in [-0.39, 0.29) is 61.1 Å². The van der Waals surface area contributed by atoms with E-state index in [1.165, 1.54) is 92.4 Å². The first-order valence-corrected chi connectivity index (χ1v) is 22.4. The minimum Gasteiger partial charge on any atom is -2.00 e. The van der Waals surface area contributed by atoms with Gasteiger partial charge in [-0.1, -0.05) is 118 Å². The van der Waals surface area contributed by atoms with Crippen molar-refractivity contribution in [1.82, 2.24) is 5.32 Å². The Kier molecular flexibility index (Phi) is 31.6. The molecule has 0 aliphatic carbocycles. The number of hydrogen-bond acceptors (Lipinski definition) is 4. The third kappa shape index (κ3) is 17.0. The molecule has 1 N–H and O–H groups in total. The summed E-state index contributed by atoms with van der Waals surface area (Å²) in [6, 6.07) is 0. The zero-order valence-electron chi connectivity index (χ0n) is 40.3. The monoisotopic (exact) mass is 950 g/mol. The zero-order chi connectivity index (χ0) is 42.1. The second-order valence-electron chi connectivity index (χ2n) is 15.8. The summed E-state index contributed by atoms with van der Waals surface area (Å²) in [6.45, 7) is 35.0. The van der Waals surface area contributed by atoms with Crippen LogP contribution in [0, 0.1) is 0 Å². The van der Waals surface area contributed by atoms with Crippen LogP contribution in [0.3, 0.4) is 0 Å². The average Bonchev–Trinajstić information content (AvgIpc) is 3.19. The summed E-state index contributed by atoms with van der Waals surface area (Å²) in [5.74, 6) is 0. The van der Waals surface area contributed by atoms with Crippen LogP contribution < -0.4 is 5.32 Å². The van der Waals surface area contributed by atoms with Gasteiger partial charge in [0.2, 0.25) is 0 Å². The van der Waals surface area contributed by atoms with Crippen molar-refractivity contribution in [3.63, 3.8) is 0 Å². The fraction of sp³-hybridized carbons (Fsp3) is 0.588. The molecule has 61 heavy (non-hydrogen) atoms. The quantitative estimate of drug-likeness (QED) is 0.197. The smallest absolute Gasteiger partial charge is 2.00 e. The Morgan fingerprint density at radius 1 is 0.443 bits per heavy atom. The van der Waals surface area contributed by atoms with Crippen LogP contribution in [0.1, 0.15) is 189 Å². The molecule has 0 fully saturated rings. The molecule has 0 atom stereocenters. The molecular formula is C51H78Fe2N6S2. The number of aliphatic imine (C=N–C) groups is 3. The first-order chi connectivity index (χ1) is 27.4. The fourth-order valence-corrected chi connectivity index (χ4v) is 8.86. The molecule has 2 radical (unpaired) electrons. The standard InChI is InChI=1S/C45H64N6.C6H14.2Fe.2S/c1-13-34-40-22-46-28(7)19-30(9)49-25-43-37(16-4)44-26-50-31(10)20-29(8)47-23-41(34)36(15-3)42(35(40)14-2)24-48-32(11)21-33(12)51-27-45(38(43)17-5)39(44)18-6;1-3-5-6-4-2;;;;/h19-21,46H,13-18,22-27H2,1-12H3;3-6H2,1-2H3;;;;/q-2;;2*+3;2*-2/b28-19-,29-20-,32-21-,49-30?,50-31?,51-33?;;;;;. The summed E-state index contributed by atoms with van der Waals surface area (Å²) < 4.78 is 0. The van der Waals surface area contributed by atoms with E-state index < -0.39 is 0 Å². The van der Waals surface area contributed by atoms with E-state index in [0.29, 0.717) is 32.7 Å². The van der Waals surface area contributed by atoms with Crippen molar-refractivity contribution in [2.75, 3.05) is 0 Å². The second-order valence-corrected chi connectivity index (χ2v) is 15.8. The Hall–Kier alpha value is -2.19. The van der Waals surface area contributed by atoms with Gasteiger partial charge in [-0.3, -0.25) is 15.0 Å². The molecule has 10 heteroatoms. The molecule has 3 aliphatic rings. The van der Waals surface area contributed by atoms with Crippen molar-refractivity contribution in [1.29, 1.82) is 0 Å². The summed E-state index contributed by atoms with van der Waals surface area (Å²) >= 11 is 0. The Bertz CT molecular complexity index is 1620. The average molecular weight is 951 g/mol. The van der Waals surface area contributed by atoms with E-state index in [4.69, 9.17) is 25.6 Å². The maximum atomic E-state index is 5.23. The second kappa shape index (κ2) is 31.6. The van der Waals surface area contributed by atoms with E-state index in [1.807, 2.05) is 0 Å². The minimum absolute atomic E-state index is 0. The first kappa shape index (κ1) is 60.9. The molecule has 2 aromatic rings. The van der Waals surface area contributed by atoms with Gasteiger partial charge in [0.05, 0.1) is 19.6 Å². The summed E-state index contributed by atoms with van der Waals surface area (Å²) in [7, 11) is 0. The number of unbranched alkanes of at least 4 members (excludes halogenated alkanes) is 3. The van der Waals surface area contributed by atoms with Gasteiger partial charge in [0.25, 0.3) is 0 Å². The van der Waals surface area contributed by atoms with Gasteiger partial charge in [-0.15, -0.1) is 13.1 Å². The third-order valence-electron chi connectivity index (χ3n) is 11.7. The van der Waals surface area contributed by atoms with Crippen LogP contribution in [-0.2, 0) is 139 Å². The summed E-state index contributed by atoms with van der Waals surface area (Å²) in [6.07, 6.45) is 17.8. The molecule has 5 rings (SSSR count). The van der Waals surface area contributed by atoms with Gasteiger partial charge >= 0.3 is 34.1 Å². The van der Waals surface area contributed by atoms with E-state index >= 15 is 0 Å². The van der Waals surface area contributed by atoms with Crippen LogP contribution in [0.4, 0.5) is 0 Å². The van der Waals surface area contributed by atoms with E-state index in [2.05, 4.69) is 120 Å². The first-order valence-electron chi connectivity index (χ1n) is 22.4. The van der Waals surface area contributed by atoms with E-state index in [0.717, 1.165) is 79.3 Å². The molecule has 0 saturated heterocycles. The van der Waals surface area contributed by atoms with Crippen molar-refractivity contribution in [3.05, 3.63) is 113 Å². The van der Waals surface area contributed by atoms with Gasteiger partial charge in [0.15, 0.2) is 0 Å². The van der Waals surface area contributed by atoms with Crippen LogP contribution >= 0.6 is 0 Å². The molecule has 0 spiro atoms. The van der Waals surface area contributed by atoms with E-state index in [1.54, 1.807) is 0 Å². The molecule has 6 nitrogen and oxygen atoms in total. The SMILES string of the molecule is CCCCCC.CCc1c2c(CC)c3c(CC)c1CN=C(C)/C=C(/C)[N-]Cc1c(CC)c(c(CC)c(c1CC)CN/C(C)=C\C(C)=NC3)C[N-]/C(C)=C\C(C)=NC2.[Fe+3].[Fe+3].[S-2].[S-2]. The number of hydrogen-bond donors (Lipinski definition) is 1. The number of benzene rings is 2. The maximum Gasteiger partial charge on any atom is 3.00 e. The van der Waals surface area contributed by atoms with Gasteiger partial charge in [0.1, 0.15) is 0 Å². The van der Waals surface area contributed by atoms with Crippen molar-refractivity contribution >= 4 is 44.1 Å². The zero-order valence-corrected chi connectivity index (χ0v) is 44.1. The molecule has 0 aromatic heterocycles. The summed E-state index contributed by atoms with van der Waals surface area (Å²) in [4.78, 5) is 15.7.